The number of carboxylic acids is 1. The zero-order valence-electron chi connectivity index (χ0n) is 9.18. The highest BCUT2D eigenvalue weighted by Gasteiger charge is 2.13. The number of nitrogens with zero attached hydrogens (tertiary/aromatic N) is 1. The fraction of sp³-hybridized carbons (Fsp3) is 0. The van der Waals surface area contributed by atoms with E-state index in [2.05, 4.69) is 15.9 Å². The van der Waals surface area contributed by atoms with Crippen molar-refractivity contribution in [1.29, 1.82) is 0 Å². The van der Waals surface area contributed by atoms with Crippen LogP contribution in [0.1, 0.15) is 10.4 Å². The normalized spacial score (nSPS) is 10.4. The summed E-state index contributed by atoms with van der Waals surface area (Å²) in [5.41, 5.74) is -1.99. The van der Waals surface area contributed by atoms with Gasteiger partial charge >= 0.3 is 11.7 Å². The largest absolute Gasteiger partial charge is 0.477 e. The average molecular weight is 346 g/mol. The van der Waals surface area contributed by atoms with E-state index in [1.165, 1.54) is 6.07 Å². The van der Waals surface area contributed by atoms with Crippen molar-refractivity contribution in [3.05, 3.63) is 60.3 Å². The first-order valence-corrected chi connectivity index (χ1v) is 6.12. The Labute approximate surface area is 119 Å². The number of hydrogen-bond acceptors (Lipinski definition) is 3. The molecule has 2 N–H and O–H groups in total. The monoisotopic (exact) mass is 344 g/mol. The van der Waals surface area contributed by atoms with Crippen LogP contribution in [0.2, 0.25) is 5.02 Å². The first-order valence-electron chi connectivity index (χ1n) is 4.95. The van der Waals surface area contributed by atoms with Gasteiger partial charge in [0, 0.05) is 10.7 Å². The minimum absolute atomic E-state index is 0.236. The van der Waals surface area contributed by atoms with Gasteiger partial charge < -0.3 is 5.11 Å². The van der Waals surface area contributed by atoms with Crippen LogP contribution in [0, 0.1) is 0 Å². The van der Waals surface area contributed by atoms with E-state index in [1.54, 1.807) is 12.1 Å². The summed E-state index contributed by atoms with van der Waals surface area (Å²) in [7, 11) is 0. The predicted octanol–water partition coefficient (Wildman–Crippen LogP) is 1.64. The maximum Gasteiger partial charge on any atom is 0.342 e. The SMILES string of the molecule is O=C(O)c1cn(-c2ccc(Br)cc2Cl)c(=O)[nH]c1=O. The summed E-state index contributed by atoms with van der Waals surface area (Å²) in [6, 6.07) is 4.71. The third-order valence-electron chi connectivity index (χ3n) is 2.34. The van der Waals surface area contributed by atoms with E-state index in [1.807, 2.05) is 4.98 Å². The van der Waals surface area contributed by atoms with E-state index in [4.69, 9.17) is 16.7 Å². The van der Waals surface area contributed by atoms with Crippen LogP contribution >= 0.6 is 27.5 Å². The summed E-state index contributed by atoms with van der Waals surface area (Å²) in [4.78, 5) is 35.8. The Morgan fingerprint density at radius 1 is 1.37 bits per heavy atom. The van der Waals surface area contributed by atoms with Gasteiger partial charge in [-0.25, -0.2) is 9.59 Å². The van der Waals surface area contributed by atoms with Crippen molar-refractivity contribution in [2.24, 2.45) is 0 Å². The van der Waals surface area contributed by atoms with Crippen LogP contribution < -0.4 is 11.2 Å². The molecule has 0 radical (unpaired) electrons. The molecular formula is C11H6BrClN2O4. The first kappa shape index (κ1) is 13.6. The summed E-state index contributed by atoms with van der Waals surface area (Å²) < 4.78 is 1.68. The zero-order valence-corrected chi connectivity index (χ0v) is 11.5. The van der Waals surface area contributed by atoms with Gasteiger partial charge in [-0.2, -0.15) is 0 Å². The molecule has 0 saturated carbocycles. The summed E-state index contributed by atoms with van der Waals surface area (Å²) in [6.07, 6.45) is 0.943. The van der Waals surface area contributed by atoms with Gasteiger partial charge in [-0.05, 0) is 18.2 Å². The molecule has 2 aromatic rings. The molecule has 0 aliphatic heterocycles. The van der Waals surface area contributed by atoms with Crippen LogP contribution in [0.15, 0.2) is 38.5 Å². The standard InChI is InChI=1S/C11H6BrClN2O4/c12-5-1-2-8(7(13)3-5)15-4-6(10(17)18)9(16)14-11(15)19/h1-4H,(H,17,18)(H,14,16,19). The Morgan fingerprint density at radius 3 is 2.63 bits per heavy atom. The van der Waals surface area contributed by atoms with Crippen LogP contribution in [-0.4, -0.2) is 20.6 Å². The summed E-state index contributed by atoms with van der Waals surface area (Å²) >= 11 is 9.19. The van der Waals surface area contributed by atoms with Gasteiger partial charge in [0.15, 0.2) is 0 Å². The molecular weight excluding hydrogens is 339 g/mol. The van der Waals surface area contributed by atoms with E-state index in [9.17, 15) is 14.4 Å². The molecule has 1 aromatic heterocycles. The molecule has 98 valence electrons. The van der Waals surface area contributed by atoms with Crippen LogP contribution in [0.4, 0.5) is 0 Å². The Balaban J connectivity index is 2.75. The lowest BCUT2D eigenvalue weighted by Crippen LogP contribution is -2.32. The Hall–Kier alpha value is -1.86. The molecule has 8 heteroatoms. The third kappa shape index (κ3) is 2.61. The Morgan fingerprint density at radius 2 is 2.05 bits per heavy atom. The quantitative estimate of drug-likeness (QED) is 0.865. The molecule has 19 heavy (non-hydrogen) atoms. The molecule has 1 heterocycles. The van der Waals surface area contributed by atoms with Gasteiger partial charge in [0.05, 0.1) is 10.7 Å². The number of carboxylic acid groups (broad SMARTS) is 1. The number of H-pyrrole nitrogens is 1. The van der Waals surface area contributed by atoms with E-state index < -0.39 is 22.8 Å². The lowest BCUT2D eigenvalue weighted by Gasteiger charge is -2.08. The predicted molar refractivity (Wildman–Crippen MR) is 72.3 cm³/mol. The molecule has 0 atom stereocenters. The topological polar surface area (TPSA) is 92.2 Å². The molecule has 0 amide bonds. The zero-order chi connectivity index (χ0) is 14.2. The molecule has 0 fully saturated rings. The van der Waals surface area contributed by atoms with Gasteiger partial charge in [-0.15, -0.1) is 0 Å². The molecule has 1 aromatic carbocycles. The molecule has 0 saturated heterocycles. The number of nitrogens with one attached hydrogen (secondary N) is 1. The molecule has 0 aliphatic rings. The molecule has 0 aliphatic carbocycles. The second kappa shape index (κ2) is 5.02. The summed E-state index contributed by atoms with van der Waals surface area (Å²) in [5.74, 6) is -1.43. The lowest BCUT2D eigenvalue weighted by atomic mass is 10.3. The van der Waals surface area contributed by atoms with E-state index >= 15 is 0 Å². The van der Waals surface area contributed by atoms with Crippen molar-refractivity contribution >= 4 is 33.5 Å². The maximum atomic E-state index is 11.7. The smallest absolute Gasteiger partial charge is 0.342 e. The third-order valence-corrected chi connectivity index (χ3v) is 3.14. The van der Waals surface area contributed by atoms with Crippen LogP contribution in [0.3, 0.4) is 0 Å². The fourth-order valence-corrected chi connectivity index (χ4v) is 2.24. The van der Waals surface area contributed by atoms with E-state index in [-0.39, 0.29) is 10.7 Å². The van der Waals surface area contributed by atoms with Crippen LogP contribution in [-0.2, 0) is 0 Å². The molecule has 2 rings (SSSR count). The minimum Gasteiger partial charge on any atom is -0.477 e. The van der Waals surface area contributed by atoms with E-state index in [0.29, 0.717) is 4.47 Å². The average Bonchev–Trinajstić information content (AvgIpc) is 2.30. The number of hydrogen-bond donors (Lipinski definition) is 2. The molecule has 0 bridgehead atoms. The number of aromatic carboxylic acids is 1. The maximum absolute atomic E-state index is 11.7. The van der Waals surface area contributed by atoms with Gasteiger partial charge in [0.1, 0.15) is 5.56 Å². The number of aromatic nitrogens is 2. The number of halogens is 2. The molecule has 6 nitrogen and oxygen atoms in total. The highest BCUT2D eigenvalue weighted by atomic mass is 79.9. The van der Waals surface area contributed by atoms with Crippen molar-refractivity contribution in [2.75, 3.05) is 0 Å². The van der Waals surface area contributed by atoms with Crippen molar-refractivity contribution in [3.63, 3.8) is 0 Å². The minimum atomic E-state index is -1.43. The second-order valence-corrected chi connectivity index (χ2v) is 4.90. The highest BCUT2D eigenvalue weighted by Crippen LogP contribution is 2.23. The number of benzene rings is 1. The number of carbonyl (C=O) groups is 1. The first-order chi connectivity index (χ1) is 8.90. The lowest BCUT2D eigenvalue weighted by molar-refractivity contribution is 0.0694. The van der Waals surface area contributed by atoms with Crippen LogP contribution in [0.5, 0.6) is 0 Å². The molecule has 0 unspecified atom stereocenters. The molecule has 0 spiro atoms. The van der Waals surface area contributed by atoms with Crippen molar-refractivity contribution in [1.82, 2.24) is 9.55 Å². The van der Waals surface area contributed by atoms with E-state index in [0.717, 1.165) is 10.8 Å². The number of aromatic amines is 1. The summed E-state index contributed by atoms with van der Waals surface area (Å²) in [6.45, 7) is 0. The Bertz CT molecular complexity index is 781. The van der Waals surface area contributed by atoms with Gasteiger partial charge in [-0.1, -0.05) is 27.5 Å². The van der Waals surface area contributed by atoms with Gasteiger partial charge in [0.2, 0.25) is 0 Å². The second-order valence-electron chi connectivity index (χ2n) is 3.57. The van der Waals surface area contributed by atoms with Crippen molar-refractivity contribution in [3.8, 4) is 5.69 Å². The van der Waals surface area contributed by atoms with Crippen molar-refractivity contribution < 1.29 is 9.90 Å². The van der Waals surface area contributed by atoms with Crippen molar-refractivity contribution in [2.45, 2.75) is 0 Å². The Kier molecular flexibility index (Phi) is 3.59. The van der Waals surface area contributed by atoms with Crippen LogP contribution in [0.25, 0.3) is 5.69 Å². The van der Waals surface area contributed by atoms with Gasteiger partial charge in [-0.3, -0.25) is 14.3 Å². The number of rotatable bonds is 2. The fourth-order valence-electron chi connectivity index (χ4n) is 1.48. The highest BCUT2D eigenvalue weighted by molar-refractivity contribution is 9.10. The summed E-state index contributed by atoms with van der Waals surface area (Å²) in [5, 5.41) is 9.10. The van der Waals surface area contributed by atoms with Gasteiger partial charge in [0.25, 0.3) is 5.56 Å².